The molecule has 2 rings (SSSR count). The number of rotatable bonds is 2. The molecule has 0 bridgehead atoms. The Bertz CT molecular complexity index is 631. The van der Waals surface area contributed by atoms with E-state index in [1.165, 1.54) is 0 Å². The smallest absolute Gasteiger partial charge is 0.148 e. The maximum absolute atomic E-state index is 14.2. The molecule has 1 unspecified atom stereocenters. The first kappa shape index (κ1) is 15.0. The Morgan fingerprint density at radius 1 is 1.16 bits per heavy atom. The fourth-order valence-electron chi connectivity index (χ4n) is 1.89. The minimum atomic E-state index is -0.553. The van der Waals surface area contributed by atoms with Gasteiger partial charge in [0, 0.05) is 14.5 Å². The Balaban J connectivity index is 2.53. The number of benzene rings is 2. The van der Waals surface area contributed by atoms with Crippen LogP contribution in [0.25, 0.3) is 0 Å². The highest BCUT2D eigenvalue weighted by molar-refractivity contribution is 9.10. The molecule has 2 N–H and O–H groups in total. The Hall–Kier alpha value is -0.420. The van der Waals surface area contributed by atoms with Crippen molar-refractivity contribution in [2.24, 2.45) is 5.73 Å². The summed E-state index contributed by atoms with van der Waals surface area (Å²) in [6.45, 7) is 1.94. The first-order valence-corrected chi connectivity index (χ1v) is 7.53. The van der Waals surface area contributed by atoms with Gasteiger partial charge in [0.25, 0.3) is 0 Å². The van der Waals surface area contributed by atoms with E-state index in [0.717, 1.165) is 15.6 Å². The zero-order chi connectivity index (χ0) is 14.2. The van der Waals surface area contributed by atoms with Crippen molar-refractivity contribution < 1.29 is 4.39 Å². The molecule has 0 radical (unpaired) electrons. The number of halogens is 4. The molecule has 19 heavy (non-hydrogen) atoms. The van der Waals surface area contributed by atoms with Crippen LogP contribution in [-0.2, 0) is 0 Å². The first-order chi connectivity index (χ1) is 8.91. The van der Waals surface area contributed by atoms with Crippen LogP contribution in [0.2, 0.25) is 5.02 Å². The quantitative estimate of drug-likeness (QED) is 0.667. The lowest BCUT2D eigenvalue weighted by Crippen LogP contribution is -2.15. The molecule has 0 saturated heterocycles. The highest BCUT2D eigenvalue weighted by Gasteiger charge is 2.19. The van der Waals surface area contributed by atoms with Crippen LogP contribution in [0.5, 0.6) is 0 Å². The fraction of sp³-hybridized carbons (Fsp3) is 0.143. The summed E-state index contributed by atoms with van der Waals surface area (Å²) in [7, 11) is 0. The topological polar surface area (TPSA) is 26.0 Å². The third kappa shape index (κ3) is 3.02. The molecule has 0 saturated carbocycles. The maximum Gasteiger partial charge on any atom is 0.148 e. The second-order valence-corrected chi connectivity index (χ2v) is 6.39. The van der Waals surface area contributed by atoms with Crippen molar-refractivity contribution in [2.75, 3.05) is 0 Å². The van der Waals surface area contributed by atoms with Gasteiger partial charge in [-0.05, 0) is 52.2 Å². The zero-order valence-electron chi connectivity index (χ0n) is 10.1. The summed E-state index contributed by atoms with van der Waals surface area (Å²) < 4.78 is 15.6. The van der Waals surface area contributed by atoms with Crippen molar-refractivity contribution in [3.8, 4) is 0 Å². The Morgan fingerprint density at radius 2 is 1.84 bits per heavy atom. The van der Waals surface area contributed by atoms with Crippen molar-refractivity contribution in [1.29, 1.82) is 0 Å². The average molecular weight is 408 g/mol. The van der Waals surface area contributed by atoms with E-state index < -0.39 is 11.9 Å². The van der Waals surface area contributed by atoms with Crippen LogP contribution in [-0.4, -0.2) is 0 Å². The minimum Gasteiger partial charge on any atom is -0.320 e. The second kappa shape index (κ2) is 5.92. The summed E-state index contributed by atoms with van der Waals surface area (Å²) in [5.74, 6) is -0.483. The summed E-state index contributed by atoms with van der Waals surface area (Å²) in [5.41, 5.74) is 8.43. The molecule has 0 aliphatic rings. The molecule has 2 aromatic carbocycles. The SMILES string of the molecule is Cc1ccc(Br)cc1C(N)c1ccc(Br)c(Cl)c1F. The molecule has 5 heteroatoms. The largest absolute Gasteiger partial charge is 0.320 e. The van der Waals surface area contributed by atoms with Crippen molar-refractivity contribution in [2.45, 2.75) is 13.0 Å². The van der Waals surface area contributed by atoms with Crippen LogP contribution in [0.3, 0.4) is 0 Å². The fourth-order valence-corrected chi connectivity index (χ4v) is 2.75. The van der Waals surface area contributed by atoms with E-state index >= 15 is 0 Å². The summed E-state index contributed by atoms with van der Waals surface area (Å²) in [6, 6.07) is 8.57. The monoisotopic (exact) mass is 405 g/mol. The molecular formula is C14H11Br2ClFN. The summed E-state index contributed by atoms with van der Waals surface area (Å²) in [4.78, 5) is 0. The molecule has 2 aromatic rings. The number of aryl methyl sites for hydroxylation is 1. The molecule has 0 aromatic heterocycles. The van der Waals surface area contributed by atoms with Gasteiger partial charge in [0.1, 0.15) is 5.82 Å². The van der Waals surface area contributed by atoms with Gasteiger partial charge < -0.3 is 5.73 Å². The summed E-state index contributed by atoms with van der Waals surface area (Å²) >= 11 is 12.5. The van der Waals surface area contributed by atoms with Crippen LogP contribution in [0.4, 0.5) is 4.39 Å². The van der Waals surface area contributed by atoms with Crippen molar-refractivity contribution in [3.05, 3.63) is 66.8 Å². The van der Waals surface area contributed by atoms with E-state index in [2.05, 4.69) is 31.9 Å². The van der Waals surface area contributed by atoms with E-state index in [4.69, 9.17) is 17.3 Å². The van der Waals surface area contributed by atoms with Gasteiger partial charge >= 0.3 is 0 Å². The molecule has 0 amide bonds. The van der Waals surface area contributed by atoms with Gasteiger partial charge in [0.05, 0.1) is 11.1 Å². The van der Waals surface area contributed by atoms with Gasteiger partial charge in [-0.2, -0.15) is 0 Å². The van der Waals surface area contributed by atoms with Gasteiger partial charge in [-0.25, -0.2) is 4.39 Å². The van der Waals surface area contributed by atoms with E-state index in [0.29, 0.717) is 10.0 Å². The molecule has 100 valence electrons. The lowest BCUT2D eigenvalue weighted by atomic mass is 9.95. The maximum atomic E-state index is 14.2. The standard InChI is InChI=1S/C14H11Br2ClFN/c1-7-2-3-8(15)6-10(7)14(19)9-4-5-11(16)12(17)13(9)18/h2-6,14H,19H2,1H3. The van der Waals surface area contributed by atoms with E-state index in [-0.39, 0.29) is 5.02 Å². The van der Waals surface area contributed by atoms with Gasteiger partial charge in [-0.15, -0.1) is 0 Å². The van der Waals surface area contributed by atoms with E-state index in [1.807, 2.05) is 25.1 Å². The Morgan fingerprint density at radius 3 is 2.53 bits per heavy atom. The van der Waals surface area contributed by atoms with Crippen LogP contribution in [0, 0.1) is 12.7 Å². The highest BCUT2D eigenvalue weighted by atomic mass is 79.9. The predicted octanol–water partition coefficient (Wildman–Crippen LogP) is 5.36. The third-order valence-electron chi connectivity index (χ3n) is 2.98. The normalized spacial score (nSPS) is 12.5. The number of nitrogens with two attached hydrogens (primary N) is 1. The van der Waals surface area contributed by atoms with Crippen LogP contribution >= 0.6 is 43.5 Å². The van der Waals surface area contributed by atoms with E-state index in [1.54, 1.807) is 12.1 Å². The second-order valence-electron chi connectivity index (χ2n) is 4.24. The van der Waals surface area contributed by atoms with Crippen molar-refractivity contribution >= 4 is 43.5 Å². The third-order valence-corrected chi connectivity index (χ3v) is 4.73. The first-order valence-electron chi connectivity index (χ1n) is 5.57. The molecule has 0 aliphatic carbocycles. The number of hydrogen-bond acceptors (Lipinski definition) is 1. The van der Waals surface area contributed by atoms with Crippen LogP contribution in [0.1, 0.15) is 22.7 Å². The molecule has 1 nitrogen and oxygen atoms in total. The van der Waals surface area contributed by atoms with Gasteiger partial charge in [0.2, 0.25) is 0 Å². The molecular weight excluding hydrogens is 396 g/mol. The Labute approximate surface area is 133 Å². The van der Waals surface area contributed by atoms with E-state index in [9.17, 15) is 4.39 Å². The van der Waals surface area contributed by atoms with Crippen LogP contribution < -0.4 is 5.73 Å². The minimum absolute atomic E-state index is 0.0561. The van der Waals surface area contributed by atoms with Crippen LogP contribution in [0.15, 0.2) is 39.3 Å². The zero-order valence-corrected chi connectivity index (χ0v) is 14.0. The molecule has 0 spiro atoms. The molecule has 0 fully saturated rings. The number of hydrogen-bond donors (Lipinski definition) is 1. The average Bonchev–Trinajstić information content (AvgIpc) is 2.38. The van der Waals surface area contributed by atoms with Gasteiger partial charge in [-0.3, -0.25) is 0 Å². The predicted molar refractivity (Wildman–Crippen MR) is 84.0 cm³/mol. The molecule has 0 aliphatic heterocycles. The summed E-state index contributed by atoms with van der Waals surface area (Å²) in [6.07, 6.45) is 0. The molecule has 1 atom stereocenters. The summed E-state index contributed by atoms with van der Waals surface area (Å²) in [5, 5.41) is 0.0561. The lowest BCUT2D eigenvalue weighted by molar-refractivity contribution is 0.599. The lowest BCUT2D eigenvalue weighted by Gasteiger charge is -2.17. The van der Waals surface area contributed by atoms with Crippen molar-refractivity contribution in [1.82, 2.24) is 0 Å². The van der Waals surface area contributed by atoms with Gasteiger partial charge in [0.15, 0.2) is 0 Å². The van der Waals surface area contributed by atoms with Gasteiger partial charge in [-0.1, -0.05) is 39.7 Å². The Kier molecular flexibility index (Phi) is 4.66. The highest BCUT2D eigenvalue weighted by Crippen LogP contribution is 2.33. The molecule has 0 heterocycles. The van der Waals surface area contributed by atoms with Crippen molar-refractivity contribution in [3.63, 3.8) is 0 Å².